The van der Waals surface area contributed by atoms with Crippen LogP contribution >= 0.6 is 15.9 Å². The first kappa shape index (κ1) is 16.5. The fraction of sp³-hybridized carbons (Fsp3) is 0.368. The molecule has 0 saturated carbocycles. The van der Waals surface area contributed by atoms with Crippen LogP contribution in [0.1, 0.15) is 24.9 Å². The van der Waals surface area contributed by atoms with Gasteiger partial charge in [-0.15, -0.1) is 0 Å². The molecule has 0 aliphatic carbocycles. The Kier molecular flexibility index (Phi) is 5.36. The summed E-state index contributed by atoms with van der Waals surface area (Å²) in [5, 5.41) is 14.0. The van der Waals surface area contributed by atoms with Crippen molar-refractivity contribution >= 4 is 21.6 Å². The zero-order chi connectivity index (χ0) is 16.2. The third-order valence-corrected chi connectivity index (χ3v) is 5.11. The first-order valence-electron chi connectivity index (χ1n) is 8.12. The molecule has 0 radical (unpaired) electrons. The number of benzene rings is 2. The van der Waals surface area contributed by atoms with Crippen LogP contribution in [-0.2, 0) is 0 Å². The lowest BCUT2D eigenvalue weighted by atomic mass is 9.98. The molecule has 122 valence electrons. The van der Waals surface area contributed by atoms with Crippen LogP contribution < -0.4 is 5.32 Å². The van der Waals surface area contributed by atoms with Gasteiger partial charge in [0, 0.05) is 29.3 Å². The normalized spacial score (nSPS) is 23.4. The van der Waals surface area contributed by atoms with Crippen LogP contribution in [0.2, 0.25) is 0 Å². The van der Waals surface area contributed by atoms with Crippen molar-refractivity contribution in [1.29, 1.82) is 0 Å². The summed E-state index contributed by atoms with van der Waals surface area (Å²) in [6.45, 7) is 3.89. The largest absolute Gasteiger partial charge is 0.390 e. The lowest BCUT2D eigenvalue weighted by Gasteiger charge is -2.40. The number of hydrogen-bond donors (Lipinski definition) is 2. The van der Waals surface area contributed by atoms with Gasteiger partial charge in [-0.05, 0) is 37.1 Å². The molecule has 0 amide bonds. The Bertz CT molecular complexity index is 634. The molecular formula is C19H23BrN2O. The minimum absolute atomic E-state index is 0.100. The molecule has 1 unspecified atom stereocenters. The molecule has 23 heavy (non-hydrogen) atoms. The Morgan fingerprint density at radius 2 is 1.96 bits per heavy atom. The van der Waals surface area contributed by atoms with Crippen molar-refractivity contribution in [1.82, 2.24) is 4.90 Å². The predicted octanol–water partition coefficient (Wildman–Crippen LogP) is 4.06. The minimum atomic E-state index is -0.367. The highest BCUT2D eigenvalue weighted by Gasteiger charge is 2.30. The summed E-state index contributed by atoms with van der Waals surface area (Å²) in [6, 6.07) is 19.0. The van der Waals surface area contributed by atoms with Gasteiger partial charge in [-0.2, -0.15) is 0 Å². The van der Waals surface area contributed by atoms with Crippen LogP contribution in [0, 0.1) is 0 Å². The summed E-state index contributed by atoms with van der Waals surface area (Å²) in [6.07, 6.45) is 0.569. The van der Waals surface area contributed by atoms with Gasteiger partial charge in [0.1, 0.15) is 0 Å². The number of likely N-dealkylation sites (tertiary alicyclic amines) is 1. The van der Waals surface area contributed by atoms with Crippen molar-refractivity contribution in [3.63, 3.8) is 0 Å². The number of hydrogen-bond acceptors (Lipinski definition) is 3. The van der Waals surface area contributed by atoms with Crippen molar-refractivity contribution < 1.29 is 5.11 Å². The van der Waals surface area contributed by atoms with Crippen LogP contribution in [0.25, 0.3) is 0 Å². The van der Waals surface area contributed by atoms with E-state index in [9.17, 15) is 5.11 Å². The summed E-state index contributed by atoms with van der Waals surface area (Å²) in [7, 11) is 0. The number of halogens is 1. The van der Waals surface area contributed by atoms with E-state index in [4.69, 9.17) is 0 Å². The maximum absolute atomic E-state index is 10.5. The Labute approximate surface area is 146 Å². The van der Waals surface area contributed by atoms with Crippen molar-refractivity contribution in [2.75, 3.05) is 18.4 Å². The zero-order valence-electron chi connectivity index (χ0n) is 13.3. The highest BCUT2D eigenvalue weighted by molar-refractivity contribution is 9.10. The summed E-state index contributed by atoms with van der Waals surface area (Å²) in [4.78, 5) is 2.36. The van der Waals surface area contributed by atoms with Gasteiger partial charge < -0.3 is 10.4 Å². The van der Waals surface area contributed by atoms with E-state index in [2.05, 4.69) is 57.3 Å². The fourth-order valence-corrected chi connectivity index (χ4v) is 3.61. The van der Waals surface area contributed by atoms with Crippen molar-refractivity contribution in [3.8, 4) is 0 Å². The van der Waals surface area contributed by atoms with Gasteiger partial charge in [-0.25, -0.2) is 0 Å². The molecule has 1 aliphatic heterocycles. The number of aliphatic hydroxyl groups excluding tert-OH is 1. The molecule has 3 rings (SSSR count). The Hall–Kier alpha value is -1.36. The highest BCUT2D eigenvalue weighted by atomic mass is 79.9. The monoisotopic (exact) mass is 374 g/mol. The standard InChI is InChI=1S/C19H23BrN2O/c1-14(15-6-3-2-4-7-15)22-11-10-18(19(23)13-22)21-17-9-5-8-16(20)12-17/h2-9,12,14,18-19,21,23H,10-11,13H2,1H3/t14?,18-,19-/m0/s1. The lowest BCUT2D eigenvalue weighted by molar-refractivity contribution is 0.0408. The van der Waals surface area contributed by atoms with Gasteiger partial charge in [-0.3, -0.25) is 4.90 Å². The smallest absolute Gasteiger partial charge is 0.0868 e. The topological polar surface area (TPSA) is 35.5 Å². The maximum atomic E-state index is 10.5. The highest BCUT2D eigenvalue weighted by Crippen LogP contribution is 2.26. The van der Waals surface area contributed by atoms with E-state index >= 15 is 0 Å². The SMILES string of the molecule is CC(c1ccccc1)N1CC[C@H](Nc2cccc(Br)c2)[C@@H](O)C1. The second kappa shape index (κ2) is 7.47. The summed E-state index contributed by atoms with van der Waals surface area (Å²) < 4.78 is 1.05. The van der Waals surface area contributed by atoms with Crippen molar-refractivity contribution in [2.45, 2.75) is 31.5 Å². The Morgan fingerprint density at radius 1 is 1.17 bits per heavy atom. The van der Waals surface area contributed by atoms with Gasteiger partial charge in [-0.1, -0.05) is 52.3 Å². The van der Waals surface area contributed by atoms with Crippen molar-refractivity contribution in [3.05, 3.63) is 64.6 Å². The number of nitrogens with zero attached hydrogens (tertiary/aromatic N) is 1. The quantitative estimate of drug-likeness (QED) is 0.846. The first-order valence-corrected chi connectivity index (χ1v) is 8.92. The van der Waals surface area contributed by atoms with Crippen LogP contribution in [0.3, 0.4) is 0 Å². The molecule has 0 aromatic heterocycles. The molecule has 1 heterocycles. The number of rotatable bonds is 4. The van der Waals surface area contributed by atoms with E-state index in [0.717, 1.165) is 23.1 Å². The molecule has 0 spiro atoms. The number of nitrogens with one attached hydrogen (secondary N) is 1. The van der Waals surface area contributed by atoms with E-state index in [0.29, 0.717) is 12.6 Å². The Morgan fingerprint density at radius 3 is 2.65 bits per heavy atom. The third-order valence-electron chi connectivity index (χ3n) is 4.62. The molecule has 1 saturated heterocycles. The summed E-state index contributed by atoms with van der Waals surface area (Å²) in [5.41, 5.74) is 2.35. The number of anilines is 1. The summed E-state index contributed by atoms with van der Waals surface area (Å²) >= 11 is 3.49. The number of β-amino-alcohol motifs (C(OH)–C–C–N with tert-alkyl or cyclic N) is 1. The molecule has 1 aliphatic rings. The van der Waals surface area contributed by atoms with Gasteiger partial charge >= 0.3 is 0 Å². The van der Waals surface area contributed by atoms with Crippen LogP contribution in [0.15, 0.2) is 59.1 Å². The van der Waals surface area contributed by atoms with E-state index in [1.54, 1.807) is 0 Å². The molecule has 2 aromatic carbocycles. The number of piperidine rings is 1. The van der Waals surface area contributed by atoms with Gasteiger partial charge in [0.2, 0.25) is 0 Å². The number of aliphatic hydroxyl groups is 1. The zero-order valence-corrected chi connectivity index (χ0v) is 14.9. The molecule has 4 heteroatoms. The van der Waals surface area contributed by atoms with E-state index in [1.807, 2.05) is 30.3 Å². The van der Waals surface area contributed by atoms with Crippen LogP contribution in [-0.4, -0.2) is 35.2 Å². The first-order chi connectivity index (χ1) is 11.1. The summed E-state index contributed by atoms with van der Waals surface area (Å²) in [5.74, 6) is 0. The van der Waals surface area contributed by atoms with Crippen LogP contribution in [0.5, 0.6) is 0 Å². The van der Waals surface area contributed by atoms with Crippen molar-refractivity contribution in [2.24, 2.45) is 0 Å². The Balaban J connectivity index is 1.61. The molecule has 3 atom stereocenters. The molecule has 2 N–H and O–H groups in total. The molecule has 3 nitrogen and oxygen atoms in total. The second-order valence-electron chi connectivity index (χ2n) is 6.20. The molecular weight excluding hydrogens is 352 g/mol. The molecule has 2 aromatic rings. The van der Waals surface area contributed by atoms with E-state index in [1.165, 1.54) is 5.56 Å². The van der Waals surface area contributed by atoms with Gasteiger partial charge in [0.05, 0.1) is 12.1 Å². The van der Waals surface area contributed by atoms with E-state index in [-0.39, 0.29) is 12.1 Å². The van der Waals surface area contributed by atoms with Gasteiger partial charge in [0.25, 0.3) is 0 Å². The average Bonchev–Trinajstić information content (AvgIpc) is 2.57. The maximum Gasteiger partial charge on any atom is 0.0868 e. The van der Waals surface area contributed by atoms with Crippen LogP contribution in [0.4, 0.5) is 5.69 Å². The fourth-order valence-electron chi connectivity index (χ4n) is 3.21. The lowest BCUT2D eigenvalue weighted by Crippen LogP contribution is -2.50. The van der Waals surface area contributed by atoms with Gasteiger partial charge in [0.15, 0.2) is 0 Å². The minimum Gasteiger partial charge on any atom is -0.390 e. The molecule has 1 fully saturated rings. The van der Waals surface area contributed by atoms with E-state index < -0.39 is 0 Å². The average molecular weight is 375 g/mol. The predicted molar refractivity (Wildman–Crippen MR) is 98.6 cm³/mol. The molecule has 0 bridgehead atoms. The second-order valence-corrected chi connectivity index (χ2v) is 7.11. The third kappa shape index (κ3) is 4.14.